The van der Waals surface area contributed by atoms with Crippen molar-refractivity contribution < 1.29 is 29.2 Å². The smallest absolute Gasteiger partial charge is 0.333 e. The van der Waals surface area contributed by atoms with Gasteiger partial charge in [0.05, 0.1) is 6.10 Å². The van der Waals surface area contributed by atoms with Crippen molar-refractivity contribution in [3.8, 4) is 11.5 Å². The molecule has 2 atom stereocenters. The van der Waals surface area contributed by atoms with Crippen molar-refractivity contribution in [2.24, 2.45) is 0 Å². The summed E-state index contributed by atoms with van der Waals surface area (Å²) < 4.78 is 16.9. The van der Waals surface area contributed by atoms with Crippen molar-refractivity contribution >= 4 is 16.9 Å². The van der Waals surface area contributed by atoms with E-state index in [1.165, 1.54) is 0 Å². The summed E-state index contributed by atoms with van der Waals surface area (Å²) in [5, 5.41) is 20.7. The van der Waals surface area contributed by atoms with Crippen molar-refractivity contribution in [3.63, 3.8) is 0 Å². The average molecular weight is 440 g/mol. The largest absolute Gasteiger partial charge is 0.491 e. The van der Waals surface area contributed by atoms with Crippen LogP contribution in [0.5, 0.6) is 11.5 Å². The fourth-order valence-electron chi connectivity index (χ4n) is 3.33. The third-order valence-corrected chi connectivity index (χ3v) is 4.86. The highest BCUT2D eigenvalue weighted by Gasteiger charge is 2.20. The van der Waals surface area contributed by atoms with Crippen molar-refractivity contribution in [1.29, 1.82) is 0 Å². The van der Waals surface area contributed by atoms with Crippen LogP contribution in [0.3, 0.4) is 0 Å². The van der Waals surface area contributed by atoms with Crippen molar-refractivity contribution in [1.82, 2.24) is 4.98 Å². The maximum atomic E-state index is 11.4. The van der Waals surface area contributed by atoms with Gasteiger partial charge in [0.1, 0.15) is 36.3 Å². The molecule has 0 aliphatic heterocycles. The number of carboxylic acid groups (broad SMARTS) is 1. The summed E-state index contributed by atoms with van der Waals surface area (Å²) in [6, 6.07) is 14.8. The number of aliphatic hydroxyl groups is 1. The van der Waals surface area contributed by atoms with Crippen LogP contribution in [0.2, 0.25) is 0 Å². The highest BCUT2D eigenvalue weighted by atomic mass is 16.5. The van der Waals surface area contributed by atoms with Gasteiger partial charge in [-0.1, -0.05) is 24.3 Å². The van der Waals surface area contributed by atoms with Crippen molar-refractivity contribution in [2.75, 3.05) is 13.2 Å². The van der Waals surface area contributed by atoms with Crippen molar-refractivity contribution in [3.05, 3.63) is 65.9 Å². The van der Waals surface area contributed by atoms with Crippen LogP contribution in [-0.2, 0) is 16.0 Å². The van der Waals surface area contributed by atoms with E-state index in [2.05, 4.69) is 4.98 Å². The Morgan fingerprint density at radius 1 is 1.06 bits per heavy atom. The second kappa shape index (κ2) is 10.9. The molecule has 2 N–H and O–H groups in total. The van der Waals surface area contributed by atoms with E-state index in [9.17, 15) is 15.0 Å². The van der Waals surface area contributed by atoms with E-state index in [0.29, 0.717) is 11.5 Å². The van der Waals surface area contributed by atoms with Crippen LogP contribution < -0.4 is 9.47 Å². The minimum absolute atomic E-state index is 0.0333. The Morgan fingerprint density at radius 3 is 2.59 bits per heavy atom. The predicted octanol–water partition coefficient (Wildman–Crippen LogP) is 3.78. The Balaban J connectivity index is 1.55. The summed E-state index contributed by atoms with van der Waals surface area (Å²) in [7, 11) is 0. The zero-order chi connectivity index (χ0) is 23.1. The number of rotatable bonds is 11. The summed E-state index contributed by atoms with van der Waals surface area (Å²) >= 11 is 0. The number of fused-ring (bicyclic) bond motifs is 1. The molecule has 7 nitrogen and oxygen atoms in total. The minimum Gasteiger partial charge on any atom is -0.491 e. The fraction of sp³-hybridized carbons (Fsp3) is 0.360. The van der Waals surface area contributed by atoms with Crippen LogP contribution in [0.1, 0.15) is 25.0 Å². The van der Waals surface area contributed by atoms with Gasteiger partial charge in [0, 0.05) is 18.0 Å². The molecule has 0 saturated carbocycles. The number of benzene rings is 2. The molecule has 7 heteroatoms. The number of hydrogen-bond acceptors (Lipinski definition) is 6. The van der Waals surface area contributed by atoms with Gasteiger partial charge in [-0.2, -0.15) is 0 Å². The number of aliphatic carboxylic acids is 1. The van der Waals surface area contributed by atoms with Crippen LogP contribution >= 0.6 is 0 Å². The molecule has 0 aliphatic carbocycles. The zero-order valence-corrected chi connectivity index (χ0v) is 18.5. The molecule has 170 valence electrons. The molecule has 0 bridgehead atoms. The molecule has 0 fully saturated rings. The molecule has 0 aliphatic rings. The second-order valence-electron chi connectivity index (χ2n) is 7.92. The number of carboxylic acids is 1. The van der Waals surface area contributed by atoms with Gasteiger partial charge in [0.15, 0.2) is 6.10 Å². The fourth-order valence-corrected chi connectivity index (χ4v) is 3.33. The number of hydrogen-bond donors (Lipinski definition) is 2. The Bertz CT molecular complexity index is 1050. The first-order valence-electron chi connectivity index (χ1n) is 10.6. The van der Waals surface area contributed by atoms with Crippen LogP contribution in [-0.4, -0.2) is 52.7 Å². The number of aromatic nitrogens is 1. The number of pyridine rings is 1. The third kappa shape index (κ3) is 6.42. The Morgan fingerprint density at radius 2 is 1.84 bits per heavy atom. The van der Waals surface area contributed by atoms with E-state index < -0.39 is 18.2 Å². The minimum atomic E-state index is -1.00. The van der Waals surface area contributed by atoms with E-state index in [1.807, 2.05) is 37.3 Å². The van der Waals surface area contributed by atoms with Gasteiger partial charge in [-0.3, -0.25) is 4.98 Å². The molecule has 1 heterocycles. The van der Waals surface area contributed by atoms with Crippen LogP contribution in [0.25, 0.3) is 10.9 Å². The molecule has 0 radical (unpaired) electrons. The third-order valence-electron chi connectivity index (χ3n) is 4.86. The molecule has 3 rings (SSSR count). The van der Waals surface area contributed by atoms with Crippen LogP contribution in [0, 0.1) is 6.92 Å². The SMILES string of the molecule is Cc1ccc(OCC(O)COc2cccc(CC(OC(C)C)C(=O)O)c2)c2ncccc12. The molecular formula is C25H29NO6. The van der Waals surface area contributed by atoms with Gasteiger partial charge in [-0.25, -0.2) is 4.79 Å². The highest BCUT2D eigenvalue weighted by Crippen LogP contribution is 2.26. The average Bonchev–Trinajstić information content (AvgIpc) is 2.77. The van der Waals surface area contributed by atoms with Gasteiger partial charge in [0.25, 0.3) is 0 Å². The molecule has 3 aromatic rings. The first kappa shape index (κ1) is 23.5. The topological polar surface area (TPSA) is 98.1 Å². The molecule has 0 spiro atoms. The number of carbonyl (C=O) groups is 1. The monoisotopic (exact) mass is 439 g/mol. The second-order valence-corrected chi connectivity index (χ2v) is 7.92. The maximum absolute atomic E-state index is 11.4. The first-order valence-corrected chi connectivity index (χ1v) is 10.6. The zero-order valence-electron chi connectivity index (χ0n) is 18.5. The molecular weight excluding hydrogens is 410 g/mol. The lowest BCUT2D eigenvalue weighted by atomic mass is 10.1. The summed E-state index contributed by atoms with van der Waals surface area (Å²) in [6.07, 6.45) is -0.0323. The molecule has 0 amide bonds. The highest BCUT2D eigenvalue weighted by molar-refractivity contribution is 5.87. The molecule has 1 aromatic heterocycles. The molecule has 0 saturated heterocycles. The van der Waals surface area contributed by atoms with Gasteiger partial charge in [-0.05, 0) is 56.2 Å². The van der Waals surface area contributed by atoms with Crippen molar-refractivity contribution in [2.45, 2.75) is 45.5 Å². The maximum Gasteiger partial charge on any atom is 0.333 e. The van der Waals surface area contributed by atoms with E-state index in [1.54, 1.807) is 38.2 Å². The number of ether oxygens (including phenoxy) is 3. The number of aryl methyl sites for hydroxylation is 1. The number of aliphatic hydroxyl groups excluding tert-OH is 1. The lowest BCUT2D eigenvalue weighted by molar-refractivity contribution is -0.153. The lowest BCUT2D eigenvalue weighted by Crippen LogP contribution is -2.29. The summed E-state index contributed by atoms with van der Waals surface area (Å²) in [6.45, 7) is 5.70. The summed E-state index contributed by atoms with van der Waals surface area (Å²) in [5.74, 6) is 0.144. The summed E-state index contributed by atoms with van der Waals surface area (Å²) in [5.41, 5.74) is 2.64. The first-order chi connectivity index (χ1) is 15.3. The quantitative estimate of drug-likeness (QED) is 0.469. The standard InChI is InChI=1S/C25H29NO6/c1-16(2)32-23(25(28)29)13-18-6-4-7-20(12-18)30-14-19(27)15-31-22-10-9-17(3)21-8-5-11-26-24(21)22/h4-12,16,19,23,27H,13-15H2,1-3H3,(H,28,29). The van der Waals surface area contributed by atoms with Gasteiger partial charge >= 0.3 is 5.97 Å². The molecule has 2 aromatic carbocycles. The Hall–Kier alpha value is -3.16. The van der Waals surface area contributed by atoms with E-state index >= 15 is 0 Å². The van der Waals surface area contributed by atoms with Crippen LogP contribution in [0.4, 0.5) is 0 Å². The predicted molar refractivity (Wildman–Crippen MR) is 121 cm³/mol. The summed E-state index contributed by atoms with van der Waals surface area (Å²) in [4.78, 5) is 15.8. The normalized spacial score (nSPS) is 13.2. The van der Waals surface area contributed by atoms with Gasteiger partial charge in [0.2, 0.25) is 0 Å². The van der Waals surface area contributed by atoms with E-state index in [4.69, 9.17) is 14.2 Å². The lowest BCUT2D eigenvalue weighted by Gasteiger charge is -2.17. The van der Waals surface area contributed by atoms with Crippen LogP contribution in [0.15, 0.2) is 54.7 Å². The van der Waals surface area contributed by atoms with Gasteiger partial charge in [-0.15, -0.1) is 0 Å². The Labute approximate surface area is 187 Å². The molecule has 32 heavy (non-hydrogen) atoms. The number of nitrogens with zero attached hydrogens (tertiary/aromatic N) is 1. The Kier molecular flexibility index (Phi) is 8.03. The van der Waals surface area contributed by atoms with Gasteiger partial charge < -0.3 is 24.4 Å². The van der Waals surface area contributed by atoms with E-state index in [0.717, 1.165) is 22.0 Å². The molecule has 2 unspecified atom stereocenters. The van der Waals surface area contributed by atoms with E-state index in [-0.39, 0.29) is 25.7 Å².